The second-order valence-corrected chi connectivity index (χ2v) is 8.42. The van der Waals surface area contributed by atoms with Crippen LogP contribution in [-0.4, -0.2) is 10.8 Å². The Balaban J connectivity index is 1.83. The molecule has 0 saturated carbocycles. The molecular formula is C24H20ClF3N2O4. The molecule has 1 N–H and O–H groups in total. The Morgan fingerprint density at radius 3 is 2.29 bits per heavy atom. The number of amides is 1. The zero-order chi connectivity index (χ0) is 25.1. The van der Waals surface area contributed by atoms with Crippen LogP contribution in [0.25, 0.3) is 0 Å². The number of hydrogen-bond donors (Lipinski definition) is 1. The van der Waals surface area contributed by atoms with Crippen LogP contribution in [-0.2, 0) is 22.9 Å². The molecule has 0 aliphatic carbocycles. The lowest BCUT2D eigenvalue weighted by molar-refractivity contribution is -0.385. The van der Waals surface area contributed by atoms with E-state index < -0.39 is 28.1 Å². The standard InChI is InChI=1S/C24H20ClF3N2O4/c1-23(2,16-6-4-3-5-7-16)29-22(31)13-15-12-18(9-10-20(15)30(32)33)34-21-11-8-17(14-19(21)25)24(26,27)28/h3-12,14H,13H2,1-2H3,(H,29,31). The number of hydrogen-bond acceptors (Lipinski definition) is 4. The summed E-state index contributed by atoms with van der Waals surface area (Å²) in [6, 6.07) is 15.6. The maximum absolute atomic E-state index is 12.8. The van der Waals surface area contributed by atoms with Crippen molar-refractivity contribution >= 4 is 23.2 Å². The minimum Gasteiger partial charge on any atom is -0.456 e. The number of nitrogens with zero attached hydrogens (tertiary/aromatic N) is 1. The molecule has 0 atom stereocenters. The second kappa shape index (κ2) is 9.72. The van der Waals surface area contributed by atoms with Crippen LogP contribution in [0.1, 0.15) is 30.5 Å². The van der Waals surface area contributed by atoms with E-state index in [0.29, 0.717) is 0 Å². The number of carbonyl (C=O) groups is 1. The molecule has 0 fully saturated rings. The summed E-state index contributed by atoms with van der Waals surface area (Å²) in [5, 5.41) is 14.0. The number of rotatable bonds is 7. The Labute approximate surface area is 198 Å². The van der Waals surface area contributed by atoms with E-state index >= 15 is 0 Å². The largest absolute Gasteiger partial charge is 0.456 e. The number of carbonyl (C=O) groups excluding carboxylic acids is 1. The van der Waals surface area contributed by atoms with Gasteiger partial charge in [0, 0.05) is 11.6 Å². The van der Waals surface area contributed by atoms with Crippen LogP contribution in [0, 0.1) is 10.1 Å². The quantitative estimate of drug-likeness (QED) is 0.295. The van der Waals surface area contributed by atoms with Crippen LogP contribution in [0.5, 0.6) is 11.5 Å². The number of ether oxygens (including phenoxy) is 1. The molecule has 34 heavy (non-hydrogen) atoms. The molecule has 6 nitrogen and oxygen atoms in total. The summed E-state index contributed by atoms with van der Waals surface area (Å²) in [5.74, 6) is -0.442. The predicted molar refractivity (Wildman–Crippen MR) is 121 cm³/mol. The Hall–Kier alpha value is -3.59. The smallest absolute Gasteiger partial charge is 0.416 e. The first-order valence-corrected chi connectivity index (χ1v) is 10.4. The molecule has 0 unspecified atom stereocenters. The lowest BCUT2D eigenvalue weighted by Crippen LogP contribution is -2.41. The molecule has 0 aliphatic rings. The predicted octanol–water partition coefficient (Wildman–Crippen LogP) is 6.65. The summed E-state index contributed by atoms with van der Waals surface area (Å²) in [4.78, 5) is 23.6. The zero-order valence-corrected chi connectivity index (χ0v) is 18.9. The van der Waals surface area contributed by atoms with Crippen LogP contribution in [0.15, 0.2) is 66.7 Å². The molecular weight excluding hydrogens is 473 g/mol. The van der Waals surface area contributed by atoms with E-state index in [4.69, 9.17) is 16.3 Å². The molecule has 178 valence electrons. The fraction of sp³-hybridized carbons (Fsp3) is 0.208. The highest BCUT2D eigenvalue weighted by atomic mass is 35.5. The minimum atomic E-state index is -4.57. The number of halogens is 4. The minimum absolute atomic E-state index is 0.0656. The Bertz CT molecular complexity index is 1210. The summed E-state index contributed by atoms with van der Waals surface area (Å²) in [6.07, 6.45) is -4.88. The first kappa shape index (κ1) is 25.0. The van der Waals surface area contributed by atoms with Crippen molar-refractivity contribution in [3.8, 4) is 11.5 Å². The van der Waals surface area contributed by atoms with Gasteiger partial charge >= 0.3 is 6.18 Å². The van der Waals surface area contributed by atoms with Gasteiger partial charge in [-0.05, 0) is 49.7 Å². The molecule has 1 amide bonds. The second-order valence-electron chi connectivity index (χ2n) is 8.01. The molecule has 0 aliphatic heterocycles. The van der Waals surface area contributed by atoms with Crippen LogP contribution in [0.3, 0.4) is 0 Å². The summed E-state index contributed by atoms with van der Waals surface area (Å²) in [6.45, 7) is 3.61. The highest BCUT2D eigenvalue weighted by Crippen LogP contribution is 2.37. The number of nitro benzene ring substituents is 1. The topological polar surface area (TPSA) is 81.5 Å². The van der Waals surface area contributed by atoms with E-state index in [2.05, 4.69) is 5.32 Å². The van der Waals surface area contributed by atoms with Gasteiger partial charge < -0.3 is 10.1 Å². The number of nitrogens with one attached hydrogen (secondary N) is 1. The monoisotopic (exact) mass is 492 g/mol. The fourth-order valence-electron chi connectivity index (χ4n) is 3.32. The highest BCUT2D eigenvalue weighted by molar-refractivity contribution is 6.32. The summed E-state index contributed by atoms with van der Waals surface area (Å²) in [5.41, 5.74) is -1.03. The van der Waals surface area contributed by atoms with Crippen molar-refractivity contribution < 1.29 is 27.6 Å². The SMILES string of the molecule is CC(C)(NC(=O)Cc1cc(Oc2ccc(C(F)(F)F)cc2Cl)ccc1[N+](=O)[O-])c1ccccc1. The molecule has 0 bridgehead atoms. The van der Waals surface area contributed by atoms with Crippen molar-refractivity contribution in [3.05, 3.63) is 98.6 Å². The van der Waals surface area contributed by atoms with Crippen LogP contribution >= 0.6 is 11.6 Å². The van der Waals surface area contributed by atoms with Gasteiger partial charge in [0.05, 0.1) is 27.5 Å². The molecule has 10 heteroatoms. The Kier molecular flexibility index (Phi) is 7.16. The lowest BCUT2D eigenvalue weighted by atomic mass is 9.94. The van der Waals surface area contributed by atoms with Gasteiger partial charge in [-0.3, -0.25) is 14.9 Å². The first-order chi connectivity index (χ1) is 15.9. The normalized spacial score (nSPS) is 11.7. The third-order valence-electron chi connectivity index (χ3n) is 5.03. The molecule has 3 aromatic carbocycles. The van der Waals surface area contributed by atoms with Crippen molar-refractivity contribution in [1.82, 2.24) is 5.32 Å². The van der Waals surface area contributed by atoms with E-state index in [1.165, 1.54) is 12.1 Å². The van der Waals surface area contributed by atoms with Crippen molar-refractivity contribution in [3.63, 3.8) is 0 Å². The van der Waals surface area contributed by atoms with Gasteiger partial charge in [-0.25, -0.2) is 0 Å². The fourth-order valence-corrected chi connectivity index (χ4v) is 3.54. The van der Waals surface area contributed by atoms with E-state index in [1.54, 1.807) is 13.8 Å². The summed E-state index contributed by atoms with van der Waals surface area (Å²) in [7, 11) is 0. The summed E-state index contributed by atoms with van der Waals surface area (Å²) < 4.78 is 44.1. The molecule has 0 aromatic heterocycles. The van der Waals surface area contributed by atoms with Gasteiger partial charge in [-0.1, -0.05) is 41.9 Å². The van der Waals surface area contributed by atoms with Gasteiger partial charge in [-0.15, -0.1) is 0 Å². The number of nitro groups is 1. The number of benzene rings is 3. The van der Waals surface area contributed by atoms with E-state index in [0.717, 1.165) is 29.8 Å². The highest BCUT2D eigenvalue weighted by Gasteiger charge is 2.31. The third kappa shape index (κ3) is 6.05. The Morgan fingerprint density at radius 1 is 1.03 bits per heavy atom. The van der Waals surface area contributed by atoms with Crippen molar-refractivity contribution in [2.45, 2.75) is 32.0 Å². The van der Waals surface area contributed by atoms with Crippen LogP contribution in [0.2, 0.25) is 5.02 Å². The van der Waals surface area contributed by atoms with Crippen molar-refractivity contribution in [1.29, 1.82) is 0 Å². The van der Waals surface area contributed by atoms with Gasteiger partial charge in [0.25, 0.3) is 5.69 Å². The van der Waals surface area contributed by atoms with Crippen LogP contribution < -0.4 is 10.1 Å². The maximum Gasteiger partial charge on any atom is 0.416 e. The summed E-state index contributed by atoms with van der Waals surface area (Å²) >= 11 is 5.92. The maximum atomic E-state index is 12.8. The molecule has 0 heterocycles. The van der Waals surface area contributed by atoms with Gasteiger partial charge in [0.2, 0.25) is 5.91 Å². The van der Waals surface area contributed by atoms with E-state index in [9.17, 15) is 28.1 Å². The Morgan fingerprint density at radius 2 is 1.71 bits per heavy atom. The molecule has 0 spiro atoms. The lowest BCUT2D eigenvalue weighted by Gasteiger charge is -2.27. The van der Waals surface area contributed by atoms with E-state index in [1.807, 2.05) is 30.3 Å². The zero-order valence-electron chi connectivity index (χ0n) is 18.2. The van der Waals surface area contributed by atoms with Gasteiger partial charge in [-0.2, -0.15) is 13.2 Å². The average molecular weight is 493 g/mol. The van der Waals surface area contributed by atoms with E-state index in [-0.39, 0.29) is 34.2 Å². The molecule has 0 radical (unpaired) electrons. The molecule has 0 saturated heterocycles. The van der Waals surface area contributed by atoms with Crippen LogP contribution in [0.4, 0.5) is 18.9 Å². The molecule has 3 aromatic rings. The van der Waals surface area contributed by atoms with Crippen molar-refractivity contribution in [2.24, 2.45) is 0 Å². The average Bonchev–Trinajstić information content (AvgIpc) is 2.74. The first-order valence-electron chi connectivity index (χ1n) is 10.1. The third-order valence-corrected chi connectivity index (χ3v) is 5.33. The van der Waals surface area contributed by atoms with Crippen molar-refractivity contribution in [2.75, 3.05) is 0 Å². The number of alkyl halides is 3. The van der Waals surface area contributed by atoms with Gasteiger partial charge in [0.15, 0.2) is 0 Å². The molecule has 3 rings (SSSR count). The van der Waals surface area contributed by atoms with Gasteiger partial charge in [0.1, 0.15) is 11.5 Å².